The number of nitrogens with zero attached hydrogens (tertiary/aromatic N) is 2. The van der Waals surface area contributed by atoms with Crippen LogP contribution < -0.4 is 4.74 Å². The molecule has 0 saturated carbocycles. The van der Waals surface area contributed by atoms with Gasteiger partial charge in [0.2, 0.25) is 5.88 Å². The number of rotatable bonds is 1. The van der Waals surface area contributed by atoms with Crippen LogP contribution in [0.25, 0.3) is 0 Å². The quantitative estimate of drug-likeness (QED) is 0.667. The van der Waals surface area contributed by atoms with Crippen LogP contribution in [0, 0.1) is 18.3 Å². The van der Waals surface area contributed by atoms with Crippen LogP contribution in [-0.4, -0.2) is 12.1 Å². The highest BCUT2D eigenvalue weighted by atomic mass is 35.5. The molecule has 0 aliphatic heterocycles. The van der Waals surface area contributed by atoms with Crippen LogP contribution >= 0.6 is 11.6 Å². The van der Waals surface area contributed by atoms with Crippen molar-refractivity contribution in [2.45, 2.75) is 6.92 Å². The average molecular weight is 183 g/mol. The number of hydrogen-bond acceptors (Lipinski definition) is 3. The third kappa shape index (κ3) is 1.49. The fourth-order valence-corrected chi connectivity index (χ4v) is 1.12. The number of ether oxygens (including phenoxy) is 1. The SMILES string of the molecule is COc1cc(Cl)c(C#N)c(C)n1. The highest BCUT2D eigenvalue weighted by Gasteiger charge is 2.06. The summed E-state index contributed by atoms with van der Waals surface area (Å²) in [6, 6.07) is 3.49. The fourth-order valence-electron chi connectivity index (χ4n) is 0.846. The zero-order valence-electron chi connectivity index (χ0n) is 6.76. The second kappa shape index (κ2) is 3.42. The van der Waals surface area contributed by atoms with Gasteiger partial charge in [0.25, 0.3) is 0 Å². The monoisotopic (exact) mass is 182 g/mol. The summed E-state index contributed by atoms with van der Waals surface area (Å²) in [5.74, 6) is 0.427. The van der Waals surface area contributed by atoms with Gasteiger partial charge < -0.3 is 4.74 Å². The van der Waals surface area contributed by atoms with Crippen LogP contribution in [0.4, 0.5) is 0 Å². The molecule has 0 aromatic carbocycles. The summed E-state index contributed by atoms with van der Waals surface area (Å²) in [7, 11) is 1.50. The zero-order chi connectivity index (χ0) is 9.14. The normalized spacial score (nSPS) is 9.17. The summed E-state index contributed by atoms with van der Waals surface area (Å²) in [5, 5.41) is 9.02. The lowest BCUT2D eigenvalue weighted by Gasteiger charge is -2.02. The van der Waals surface area contributed by atoms with Crippen molar-refractivity contribution in [2.75, 3.05) is 7.11 Å². The smallest absolute Gasteiger partial charge is 0.214 e. The van der Waals surface area contributed by atoms with Gasteiger partial charge in [-0.2, -0.15) is 5.26 Å². The van der Waals surface area contributed by atoms with Gasteiger partial charge >= 0.3 is 0 Å². The molecule has 0 aliphatic carbocycles. The number of nitriles is 1. The molecule has 0 fully saturated rings. The Labute approximate surface area is 75.6 Å². The molecule has 1 aromatic heterocycles. The predicted octanol–water partition coefficient (Wildman–Crippen LogP) is 1.92. The number of halogens is 1. The molecule has 0 aliphatic rings. The van der Waals surface area contributed by atoms with Gasteiger partial charge in [0.1, 0.15) is 6.07 Å². The zero-order valence-corrected chi connectivity index (χ0v) is 7.51. The lowest BCUT2D eigenvalue weighted by molar-refractivity contribution is 0.397. The van der Waals surface area contributed by atoms with Crippen molar-refractivity contribution < 1.29 is 4.74 Å². The molecule has 0 spiro atoms. The van der Waals surface area contributed by atoms with E-state index in [1.54, 1.807) is 6.92 Å². The molecular formula is C8H7ClN2O. The van der Waals surface area contributed by atoms with Gasteiger partial charge in [0.05, 0.1) is 23.4 Å². The first-order valence-corrected chi connectivity index (χ1v) is 3.68. The van der Waals surface area contributed by atoms with Gasteiger partial charge in [-0.15, -0.1) is 0 Å². The predicted molar refractivity (Wildman–Crippen MR) is 45.3 cm³/mol. The lowest BCUT2D eigenvalue weighted by Crippen LogP contribution is -1.93. The van der Waals surface area contributed by atoms with E-state index < -0.39 is 0 Å². The Morgan fingerprint density at radius 1 is 1.67 bits per heavy atom. The topological polar surface area (TPSA) is 45.9 Å². The first-order chi connectivity index (χ1) is 5.69. The van der Waals surface area contributed by atoms with E-state index in [0.717, 1.165) is 0 Å². The van der Waals surface area contributed by atoms with Gasteiger partial charge in [-0.1, -0.05) is 11.6 Å². The second-order valence-electron chi connectivity index (χ2n) is 2.22. The third-order valence-electron chi connectivity index (χ3n) is 1.45. The Balaban J connectivity index is 3.30. The van der Waals surface area contributed by atoms with Crippen LogP contribution in [0.15, 0.2) is 6.07 Å². The summed E-state index contributed by atoms with van der Waals surface area (Å²) in [5.41, 5.74) is 0.985. The van der Waals surface area contributed by atoms with Gasteiger partial charge in [0.15, 0.2) is 0 Å². The van der Waals surface area contributed by atoms with Crippen molar-refractivity contribution in [3.05, 3.63) is 22.3 Å². The minimum absolute atomic E-state index is 0.377. The molecule has 62 valence electrons. The standard InChI is InChI=1S/C8H7ClN2O/c1-5-6(4-10)7(9)3-8(11-5)12-2/h3H,1-2H3. The molecule has 0 saturated heterocycles. The molecule has 0 unspecified atom stereocenters. The van der Waals surface area contributed by atoms with Crippen LogP contribution in [0.2, 0.25) is 5.02 Å². The van der Waals surface area contributed by atoms with Crippen molar-refractivity contribution >= 4 is 11.6 Å². The van der Waals surface area contributed by atoms with E-state index in [2.05, 4.69) is 4.98 Å². The highest BCUT2D eigenvalue weighted by Crippen LogP contribution is 2.21. The van der Waals surface area contributed by atoms with Crippen LogP contribution in [0.5, 0.6) is 5.88 Å². The number of aromatic nitrogens is 1. The molecule has 0 N–H and O–H groups in total. The Bertz CT molecular complexity index is 320. The van der Waals surface area contributed by atoms with Crippen LogP contribution in [0.1, 0.15) is 11.3 Å². The third-order valence-corrected chi connectivity index (χ3v) is 1.75. The highest BCUT2D eigenvalue weighted by molar-refractivity contribution is 6.31. The molecule has 4 heteroatoms. The van der Waals surface area contributed by atoms with E-state index in [1.165, 1.54) is 13.2 Å². The maximum absolute atomic E-state index is 8.65. The first-order valence-electron chi connectivity index (χ1n) is 3.30. The molecule has 12 heavy (non-hydrogen) atoms. The molecule has 1 rings (SSSR count). The molecule has 0 atom stereocenters. The molecule has 1 heterocycles. The van der Waals surface area contributed by atoms with E-state index in [-0.39, 0.29) is 0 Å². The maximum Gasteiger partial charge on any atom is 0.214 e. The van der Waals surface area contributed by atoms with Crippen molar-refractivity contribution in [2.24, 2.45) is 0 Å². The minimum Gasteiger partial charge on any atom is -0.481 e. The summed E-state index contributed by atoms with van der Waals surface area (Å²) in [4.78, 5) is 3.99. The van der Waals surface area contributed by atoms with Crippen molar-refractivity contribution in [3.8, 4) is 11.9 Å². The maximum atomic E-state index is 8.65. The van der Waals surface area contributed by atoms with Crippen molar-refractivity contribution in [3.63, 3.8) is 0 Å². The van der Waals surface area contributed by atoms with E-state index in [0.29, 0.717) is 22.2 Å². The van der Waals surface area contributed by atoms with Crippen LogP contribution in [-0.2, 0) is 0 Å². The summed E-state index contributed by atoms with van der Waals surface area (Å²) < 4.78 is 4.87. The average Bonchev–Trinajstić information content (AvgIpc) is 2.03. The lowest BCUT2D eigenvalue weighted by atomic mass is 10.2. The minimum atomic E-state index is 0.377. The second-order valence-corrected chi connectivity index (χ2v) is 2.63. The number of aryl methyl sites for hydroxylation is 1. The van der Waals surface area contributed by atoms with E-state index in [1.807, 2.05) is 6.07 Å². The van der Waals surface area contributed by atoms with Crippen molar-refractivity contribution in [1.29, 1.82) is 5.26 Å². The Hall–Kier alpha value is -1.27. The summed E-state index contributed by atoms with van der Waals surface area (Å²) >= 11 is 5.77. The van der Waals surface area contributed by atoms with Gasteiger partial charge in [-0.05, 0) is 6.92 Å². The Morgan fingerprint density at radius 3 is 2.75 bits per heavy atom. The molecule has 0 amide bonds. The largest absolute Gasteiger partial charge is 0.481 e. The number of hydrogen-bond donors (Lipinski definition) is 0. The Morgan fingerprint density at radius 2 is 2.33 bits per heavy atom. The molecule has 0 radical (unpaired) electrons. The van der Waals surface area contributed by atoms with E-state index in [4.69, 9.17) is 21.6 Å². The van der Waals surface area contributed by atoms with Gasteiger partial charge in [0, 0.05) is 6.07 Å². The number of pyridine rings is 1. The fraction of sp³-hybridized carbons (Fsp3) is 0.250. The molecular weight excluding hydrogens is 176 g/mol. The van der Waals surface area contributed by atoms with E-state index >= 15 is 0 Å². The van der Waals surface area contributed by atoms with Crippen molar-refractivity contribution in [1.82, 2.24) is 4.98 Å². The number of methoxy groups -OCH3 is 1. The van der Waals surface area contributed by atoms with E-state index in [9.17, 15) is 0 Å². The van der Waals surface area contributed by atoms with Gasteiger partial charge in [-0.3, -0.25) is 0 Å². The van der Waals surface area contributed by atoms with Crippen LogP contribution in [0.3, 0.4) is 0 Å². The van der Waals surface area contributed by atoms with Gasteiger partial charge in [-0.25, -0.2) is 4.98 Å². The molecule has 1 aromatic rings. The summed E-state index contributed by atoms with van der Waals surface area (Å²) in [6.07, 6.45) is 0. The Kier molecular flexibility index (Phi) is 2.51. The molecule has 3 nitrogen and oxygen atoms in total. The first kappa shape index (κ1) is 8.82. The summed E-state index contributed by atoms with van der Waals surface area (Å²) in [6.45, 7) is 1.72. The molecule has 0 bridgehead atoms.